The molecule has 0 bridgehead atoms. The summed E-state index contributed by atoms with van der Waals surface area (Å²) in [4.78, 5) is 0. The molecule has 1 aromatic heterocycles. The molecular formula is C8H13NO3. The van der Waals surface area contributed by atoms with Crippen molar-refractivity contribution in [3.8, 4) is 0 Å². The minimum absolute atomic E-state index is 0.357. The van der Waals surface area contributed by atoms with Gasteiger partial charge in [-0.1, -0.05) is 0 Å². The second-order valence-electron chi connectivity index (χ2n) is 2.65. The van der Waals surface area contributed by atoms with Crippen LogP contribution in [0.4, 0.5) is 0 Å². The Labute approximate surface area is 70.6 Å². The first-order valence-corrected chi connectivity index (χ1v) is 3.84. The molecule has 0 fully saturated rings. The molecular weight excluding hydrogens is 158 g/mol. The van der Waals surface area contributed by atoms with Crippen molar-refractivity contribution in [3.05, 3.63) is 24.2 Å². The van der Waals surface area contributed by atoms with E-state index >= 15 is 0 Å². The predicted octanol–water partition coefficient (Wildman–Crippen LogP) is 0.0227. The lowest BCUT2D eigenvalue weighted by molar-refractivity contribution is 0.0147. The van der Waals surface area contributed by atoms with Crippen molar-refractivity contribution in [3.63, 3.8) is 0 Å². The fraction of sp³-hybridized carbons (Fsp3) is 0.500. The van der Waals surface area contributed by atoms with E-state index in [1.165, 1.54) is 12.5 Å². The van der Waals surface area contributed by atoms with E-state index in [1.54, 1.807) is 6.07 Å². The standard InChI is InChI=1S/C8H13NO3/c9-3-1-7(10)8(11)6-2-4-12-5-6/h2,4-5,7-8,10-11H,1,3,9H2. The highest BCUT2D eigenvalue weighted by Crippen LogP contribution is 2.18. The van der Waals surface area contributed by atoms with Crippen LogP contribution in [0.25, 0.3) is 0 Å². The van der Waals surface area contributed by atoms with Crippen LogP contribution in [0, 0.1) is 0 Å². The highest BCUT2D eigenvalue weighted by atomic mass is 16.3. The van der Waals surface area contributed by atoms with Gasteiger partial charge in [-0.25, -0.2) is 0 Å². The van der Waals surface area contributed by atoms with Crippen LogP contribution in [0.2, 0.25) is 0 Å². The van der Waals surface area contributed by atoms with Crippen molar-refractivity contribution in [1.82, 2.24) is 0 Å². The summed E-state index contributed by atoms with van der Waals surface area (Å²) in [5.41, 5.74) is 5.81. The summed E-state index contributed by atoms with van der Waals surface area (Å²) >= 11 is 0. The second kappa shape index (κ2) is 4.25. The third-order valence-corrected chi connectivity index (χ3v) is 1.71. The number of rotatable bonds is 4. The number of aliphatic hydroxyl groups excluding tert-OH is 2. The number of aliphatic hydroxyl groups is 2. The summed E-state index contributed by atoms with van der Waals surface area (Å²) in [5, 5.41) is 18.8. The Kier molecular flexibility index (Phi) is 3.28. The van der Waals surface area contributed by atoms with Gasteiger partial charge in [0.15, 0.2) is 0 Å². The minimum atomic E-state index is -0.896. The maximum absolute atomic E-state index is 9.44. The van der Waals surface area contributed by atoms with Crippen molar-refractivity contribution in [1.29, 1.82) is 0 Å². The molecule has 12 heavy (non-hydrogen) atoms. The molecule has 4 N–H and O–H groups in total. The Hall–Kier alpha value is -0.840. The average Bonchev–Trinajstić information content (AvgIpc) is 2.55. The molecule has 4 nitrogen and oxygen atoms in total. The average molecular weight is 171 g/mol. The molecule has 0 amide bonds. The predicted molar refractivity (Wildman–Crippen MR) is 43.3 cm³/mol. The molecule has 68 valence electrons. The van der Waals surface area contributed by atoms with E-state index < -0.39 is 12.2 Å². The lowest BCUT2D eigenvalue weighted by Crippen LogP contribution is -2.21. The topological polar surface area (TPSA) is 79.6 Å². The van der Waals surface area contributed by atoms with Crippen molar-refractivity contribution >= 4 is 0 Å². The van der Waals surface area contributed by atoms with Gasteiger partial charge >= 0.3 is 0 Å². The van der Waals surface area contributed by atoms with Gasteiger partial charge in [-0.2, -0.15) is 0 Å². The van der Waals surface area contributed by atoms with Crippen LogP contribution in [0.3, 0.4) is 0 Å². The number of hydrogen-bond acceptors (Lipinski definition) is 4. The van der Waals surface area contributed by atoms with Gasteiger partial charge in [-0.15, -0.1) is 0 Å². The third-order valence-electron chi connectivity index (χ3n) is 1.71. The van der Waals surface area contributed by atoms with Gasteiger partial charge in [-0.05, 0) is 19.0 Å². The summed E-state index contributed by atoms with van der Waals surface area (Å²) in [6.07, 6.45) is 1.53. The molecule has 1 aromatic rings. The van der Waals surface area contributed by atoms with E-state index in [-0.39, 0.29) is 0 Å². The molecule has 0 saturated heterocycles. The zero-order chi connectivity index (χ0) is 8.97. The van der Waals surface area contributed by atoms with Crippen LogP contribution >= 0.6 is 0 Å². The van der Waals surface area contributed by atoms with E-state index in [4.69, 9.17) is 10.2 Å². The van der Waals surface area contributed by atoms with Crippen LogP contribution in [0.5, 0.6) is 0 Å². The number of furan rings is 1. The van der Waals surface area contributed by atoms with Gasteiger partial charge in [-0.3, -0.25) is 0 Å². The first-order valence-electron chi connectivity index (χ1n) is 3.84. The molecule has 0 aliphatic carbocycles. The fourth-order valence-corrected chi connectivity index (χ4v) is 0.994. The maximum Gasteiger partial charge on any atom is 0.108 e. The molecule has 1 heterocycles. The van der Waals surface area contributed by atoms with Gasteiger partial charge in [0, 0.05) is 5.56 Å². The molecule has 0 aliphatic heterocycles. The second-order valence-corrected chi connectivity index (χ2v) is 2.65. The number of nitrogens with two attached hydrogens (primary N) is 1. The van der Waals surface area contributed by atoms with E-state index in [0.29, 0.717) is 18.5 Å². The highest BCUT2D eigenvalue weighted by Gasteiger charge is 2.17. The van der Waals surface area contributed by atoms with Crippen LogP contribution in [-0.4, -0.2) is 22.9 Å². The summed E-state index contributed by atoms with van der Waals surface area (Å²) < 4.78 is 4.76. The van der Waals surface area contributed by atoms with Gasteiger partial charge in [0.05, 0.1) is 18.6 Å². The first-order chi connectivity index (χ1) is 5.75. The summed E-state index contributed by atoms with van der Waals surface area (Å²) in [6, 6.07) is 1.62. The van der Waals surface area contributed by atoms with Crippen LogP contribution < -0.4 is 5.73 Å². The summed E-state index contributed by atoms with van der Waals surface area (Å²) in [7, 11) is 0. The largest absolute Gasteiger partial charge is 0.472 e. The SMILES string of the molecule is NCCC(O)C(O)c1ccoc1. The van der Waals surface area contributed by atoms with E-state index in [2.05, 4.69) is 0 Å². The Balaban J connectivity index is 2.53. The van der Waals surface area contributed by atoms with E-state index in [1.807, 2.05) is 0 Å². The molecule has 2 atom stereocenters. The Morgan fingerprint density at radius 2 is 2.25 bits per heavy atom. The smallest absolute Gasteiger partial charge is 0.108 e. The van der Waals surface area contributed by atoms with Crippen molar-refractivity contribution in [2.75, 3.05) is 6.54 Å². The molecule has 0 spiro atoms. The van der Waals surface area contributed by atoms with Gasteiger partial charge in [0.1, 0.15) is 6.10 Å². The van der Waals surface area contributed by atoms with Crippen molar-refractivity contribution in [2.45, 2.75) is 18.6 Å². The minimum Gasteiger partial charge on any atom is -0.472 e. The highest BCUT2D eigenvalue weighted by molar-refractivity contribution is 5.10. The third kappa shape index (κ3) is 2.07. The van der Waals surface area contributed by atoms with Crippen LogP contribution in [0.15, 0.2) is 23.0 Å². The molecule has 0 aliphatic rings. The molecule has 0 aromatic carbocycles. The molecule has 4 heteroatoms. The fourth-order valence-electron chi connectivity index (χ4n) is 0.994. The monoisotopic (exact) mass is 171 g/mol. The van der Waals surface area contributed by atoms with Gasteiger partial charge < -0.3 is 20.4 Å². The zero-order valence-electron chi connectivity index (χ0n) is 6.68. The van der Waals surface area contributed by atoms with E-state index in [9.17, 15) is 10.2 Å². The lowest BCUT2D eigenvalue weighted by atomic mass is 10.1. The van der Waals surface area contributed by atoms with Gasteiger partial charge in [0.25, 0.3) is 0 Å². The summed E-state index contributed by atoms with van der Waals surface area (Å²) in [6.45, 7) is 0.357. The molecule has 0 saturated carbocycles. The Morgan fingerprint density at radius 1 is 1.50 bits per heavy atom. The number of hydrogen-bond donors (Lipinski definition) is 3. The normalized spacial score (nSPS) is 15.9. The first kappa shape index (κ1) is 9.25. The zero-order valence-corrected chi connectivity index (χ0v) is 6.68. The van der Waals surface area contributed by atoms with Crippen molar-refractivity contribution < 1.29 is 14.6 Å². The maximum atomic E-state index is 9.44. The quantitative estimate of drug-likeness (QED) is 0.596. The molecule has 2 unspecified atom stereocenters. The lowest BCUT2D eigenvalue weighted by Gasteiger charge is -2.14. The molecule has 1 rings (SSSR count). The molecule has 0 radical (unpaired) electrons. The van der Waals surface area contributed by atoms with Crippen LogP contribution in [-0.2, 0) is 0 Å². The Morgan fingerprint density at radius 3 is 2.75 bits per heavy atom. The van der Waals surface area contributed by atoms with Gasteiger partial charge in [0.2, 0.25) is 0 Å². The van der Waals surface area contributed by atoms with E-state index in [0.717, 1.165) is 0 Å². The Bertz CT molecular complexity index is 210. The summed E-state index contributed by atoms with van der Waals surface area (Å²) in [5.74, 6) is 0. The van der Waals surface area contributed by atoms with Crippen LogP contribution in [0.1, 0.15) is 18.1 Å². The van der Waals surface area contributed by atoms with Crippen molar-refractivity contribution in [2.24, 2.45) is 5.73 Å².